The van der Waals surface area contributed by atoms with Gasteiger partial charge in [-0.25, -0.2) is 18.0 Å². The van der Waals surface area contributed by atoms with Crippen LogP contribution in [-0.4, -0.2) is 43.8 Å². The molecule has 3 aromatic carbocycles. The molecule has 3 aromatic rings. The molecule has 0 aliphatic carbocycles. The van der Waals surface area contributed by atoms with E-state index in [0.717, 1.165) is 11.1 Å². The van der Waals surface area contributed by atoms with Gasteiger partial charge in [-0.1, -0.05) is 71.8 Å². The van der Waals surface area contributed by atoms with E-state index in [4.69, 9.17) is 21.1 Å². The topological polar surface area (TPSA) is 93.2 Å². The Morgan fingerprint density at radius 3 is 2.10 bits per heavy atom. The van der Waals surface area contributed by atoms with Crippen molar-refractivity contribution < 1.29 is 27.5 Å². The Bertz CT molecular complexity index is 1630. The fourth-order valence-electron chi connectivity index (χ4n) is 5.01. The summed E-state index contributed by atoms with van der Waals surface area (Å²) in [6.07, 6.45) is 2.26. The SMILES string of the molecule is COC(=O)C1=C(C(=O)OC)N2C=Cc3ccccc3[C@@H]2N(S(=O)(=O)c2ccc(C)cc2)[C@@H]1c1ccccc1Cl. The van der Waals surface area contributed by atoms with Gasteiger partial charge in [-0.15, -0.1) is 0 Å². The highest BCUT2D eigenvalue weighted by Gasteiger charge is 2.53. The monoisotopic (exact) mass is 564 g/mol. The van der Waals surface area contributed by atoms with Crippen LogP contribution in [0.2, 0.25) is 5.02 Å². The second-order valence-electron chi connectivity index (χ2n) is 9.04. The molecule has 39 heavy (non-hydrogen) atoms. The molecule has 0 unspecified atom stereocenters. The van der Waals surface area contributed by atoms with Gasteiger partial charge in [0.1, 0.15) is 11.9 Å². The van der Waals surface area contributed by atoms with Crippen LogP contribution in [0.25, 0.3) is 6.08 Å². The van der Waals surface area contributed by atoms with Gasteiger partial charge in [0, 0.05) is 11.2 Å². The highest BCUT2D eigenvalue weighted by molar-refractivity contribution is 7.89. The van der Waals surface area contributed by atoms with Gasteiger partial charge in [-0.05, 0) is 47.9 Å². The molecular formula is C29H25ClN2O6S. The second-order valence-corrected chi connectivity index (χ2v) is 11.3. The van der Waals surface area contributed by atoms with Crippen molar-refractivity contribution in [3.63, 3.8) is 0 Å². The highest BCUT2D eigenvalue weighted by Crippen LogP contribution is 2.51. The molecule has 0 spiro atoms. The van der Waals surface area contributed by atoms with Crippen molar-refractivity contribution in [2.24, 2.45) is 0 Å². The largest absolute Gasteiger partial charge is 0.466 e. The van der Waals surface area contributed by atoms with Crippen LogP contribution >= 0.6 is 11.6 Å². The summed E-state index contributed by atoms with van der Waals surface area (Å²) in [5.41, 5.74) is 2.20. The Morgan fingerprint density at radius 1 is 0.846 bits per heavy atom. The molecule has 2 heterocycles. The average Bonchev–Trinajstić information content (AvgIpc) is 2.95. The molecule has 0 saturated carbocycles. The van der Waals surface area contributed by atoms with Crippen molar-refractivity contribution in [3.8, 4) is 0 Å². The number of nitrogens with zero attached hydrogens (tertiary/aromatic N) is 2. The Labute approximate surface area is 231 Å². The van der Waals surface area contributed by atoms with Crippen molar-refractivity contribution in [2.75, 3.05) is 14.2 Å². The number of esters is 2. The Hall–Kier alpha value is -3.92. The zero-order chi connectivity index (χ0) is 27.9. The smallest absolute Gasteiger partial charge is 0.355 e. The maximum Gasteiger partial charge on any atom is 0.355 e. The molecular weight excluding hydrogens is 540 g/mol. The van der Waals surface area contributed by atoms with E-state index < -0.39 is 34.2 Å². The maximum absolute atomic E-state index is 14.6. The number of ether oxygens (including phenoxy) is 2. The Morgan fingerprint density at radius 2 is 1.46 bits per heavy atom. The molecule has 0 aromatic heterocycles. The number of sulfonamides is 1. The first-order valence-electron chi connectivity index (χ1n) is 12.0. The van der Waals surface area contributed by atoms with Gasteiger partial charge in [0.05, 0.1) is 30.7 Å². The normalized spacial score (nSPS) is 18.8. The lowest BCUT2D eigenvalue weighted by Gasteiger charge is -2.49. The third kappa shape index (κ3) is 4.42. The molecule has 0 amide bonds. The minimum atomic E-state index is -4.33. The van der Waals surface area contributed by atoms with Gasteiger partial charge in [-0.3, -0.25) is 0 Å². The molecule has 0 radical (unpaired) electrons. The summed E-state index contributed by atoms with van der Waals surface area (Å²) in [6.45, 7) is 1.86. The Kier molecular flexibility index (Phi) is 7.07. The first-order chi connectivity index (χ1) is 18.7. The van der Waals surface area contributed by atoms with E-state index in [2.05, 4.69) is 0 Å². The standard InChI is InChI=1S/C29H25ClN2O6S/c1-18-12-14-20(15-13-18)39(35,36)32-25(22-10-6-7-11-23(22)30)24(28(33)37-2)26(29(34)38-3)31-17-16-19-8-4-5-9-21(19)27(31)32/h4-17,25,27H,1-3H3/t25-,27+/m1/s1. The zero-order valence-electron chi connectivity index (χ0n) is 21.4. The fraction of sp³-hybridized carbons (Fsp3) is 0.172. The number of rotatable bonds is 5. The number of methoxy groups -OCH3 is 2. The number of carbonyl (C=O) groups is 2. The molecule has 10 heteroatoms. The number of fused-ring (bicyclic) bond motifs is 3. The average molecular weight is 565 g/mol. The van der Waals surface area contributed by atoms with E-state index in [1.807, 2.05) is 19.1 Å². The molecule has 0 saturated heterocycles. The zero-order valence-corrected chi connectivity index (χ0v) is 22.9. The van der Waals surface area contributed by atoms with E-state index >= 15 is 0 Å². The summed E-state index contributed by atoms with van der Waals surface area (Å²) in [6, 6.07) is 19.0. The molecule has 5 rings (SSSR count). The quantitative estimate of drug-likeness (QED) is 0.403. The number of benzene rings is 3. The lowest BCUT2D eigenvalue weighted by Crippen LogP contribution is -2.52. The van der Waals surface area contributed by atoms with Crippen molar-refractivity contribution in [3.05, 3.63) is 118 Å². The maximum atomic E-state index is 14.6. The van der Waals surface area contributed by atoms with Crippen LogP contribution in [0.15, 0.2) is 95.2 Å². The fourth-order valence-corrected chi connectivity index (χ4v) is 6.94. The number of hydrogen-bond acceptors (Lipinski definition) is 7. The lowest BCUT2D eigenvalue weighted by molar-refractivity contribution is -0.143. The lowest BCUT2D eigenvalue weighted by atomic mass is 9.89. The molecule has 0 fully saturated rings. The number of hydrogen-bond donors (Lipinski definition) is 0. The van der Waals surface area contributed by atoms with Crippen LogP contribution in [0.3, 0.4) is 0 Å². The van der Waals surface area contributed by atoms with Crippen LogP contribution in [0.5, 0.6) is 0 Å². The van der Waals surface area contributed by atoms with Gasteiger partial charge in [0.15, 0.2) is 0 Å². The summed E-state index contributed by atoms with van der Waals surface area (Å²) in [5.74, 6) is -1.72. The van der Waals surface area contributed by atoms with E-state index in [-0.39, 0.29) is 21.2 Å². The van der Waals surface area contributed by atoms with Crippen molar-refractivity contribution >= 4 is 39.6 Å². The Balaban J connectivity index is 1.93. The van der Waals surface area contributed by atoms with Gasteiger partial charge < -0.3 is 14.4 Å². The molecule has 200 valence electrons. The summed E-state index contributed by atoms with van der Waals surface area (Å²) in [7, 11) is -1.97. The van der Waals surface area contributed by atoms with Crippen LogP contribution in [0, 0.1) is 6.92 Å². The molecule has 2 aliphatic rings. The predicted molar refractivity (Wildman–Crippen MR) is 146 cm³/mol. The highest BCUT2D eigenvalue weighted by atomic mass is 35.5. The third-order valence-corrected chi connectivity index (χ3v) is 8.99. The predicted octanol–water partition coefficient (Wildman–Crippen LogP) is 4.98. The molecule has 0 N–H and O–H groups in total. The van der Waals surface area contributed by atoms with E-state index in [1.165, 1.54) is 35.6 Å². The van der Waals surface area contributed by atoms with Crippen LogP contribution in [0.4, 0.5) is 0 Å². The van der Waals surface area contributed by atoms with Gasteiger partial charge in [0.2, 0.25) is 10.0 Å². The first-order valence-corrected chi connectivity index (χ1v) is 13.8. The van der Waals surface area contributed by atoms with Gasteiger partial charge in [-0.2, -0.15) is 4.31 Å². The van der Waals surface area contributed by atoms with Gasteiger partial charge in [0.25, 0.3) is 0 Å². The third-order valence-electron chi connectivity index (χ3n) is 6.81. The van der Waals surface area contributed by atoms with Gasteiger partial charge >= 0.3 is 11.9 Å². The minimum absolute atomic E-state index is 0.0165. The first kappa shape index (κ1) is 26.7. The molecule has 8 nitrogen and oxygen atoms in total. The van der Waals surface area contributed by atoms with Crippen molar-refractivity contribution in [2.45, 2.75) is 24.0 Å². The van der Waals surface area contributed by atoms with Crippen LogP contribution in [0.1, 0.15) is 34.5 Å². The number of aryl methyl sites for hydroxylation is 1. The molecule has 2 aliphatic heterocycles. The summed E-state index contributed by atoms with van der Waals surface area (Å²) >= 11 is 6.65. The minimum Gasteiger partial charge on any atom is -0.466 e. The van der Waals surface area contributed by atoms with E-state index in [1.54, 1.807) is 60.8 Å². The summed E-state index contributed by atoms with van der Waals surface area (Å²) in [4.78, 5) is 28.2. The summed E-state index contributed by atoms with van der Waals surface area (Å²) in [5, 5.41) is 0.213. The number of halogens is 1. The molecule has 2 atom stereocenters. The van der Waals surface area contributed by atoms with Crippen molar-refractivity contribution in [1.29, 1.82) is 0 Å². The summed E-state index contributed by atoms with van der Waals surface area (Å²) < 4.78 is 40.6. The molecule has 0 bridgehead atoms. The van der Waals surface area contributed by atoms with E-state index in [0.29, 0.717) is 11.1 Å². The van der Waals surface area contributed by atoms with Crippen LogP contribution in [-0.2, 0) is 29.1 Å². The number of carbonyl (C=O) groups excluding carboxylic acids is 2. The van der Waals surface area contributed by atoms with E-state index in [9.17, 15) is 18.0 Å². The second kappa shape index (κ2) is 10.3. The van der Waals surface area contributed by atoms with Crippen molar-refractivity contribution in [1.82, 2.24) is 9.21 Å². The van der Waals surface area contributed by atoms with Crippen LogP contribution < -0.4 is 0 Å².